The fourth-order valence-electron chi connectivity index (χ4n) is 2.81. The van der Waals surface area contributed by atoms with Gasteiger partial charge in [-0.05, 0) is 17.8 Å². The normalized spacial score (nSPS) is 29.5. The third kappa shape index (κ3) is 8.69. The van der Waals surface area contributed by atoms with Crippen LogP contribution >= 0.6 is 0 Å². The summed E-state index contributed by atoms with van der Waals surface area (Å²) in [6.07, 6.45) is 13.3. The molecule has 17 heavy (non-hydrogen) atoms. The SMILES string of the molecule is CC.CC1CCCCC1.CC1CCCCC1C. The molecule has 0 aromatic rings. The van der Waals surface area contributed by atoms with Crippen LogP contribution in [0.5, 0.6) is 0 Å². The first kappa shape index (κ1) is 17.0. The van der Waals surface area contributed by atoms with Crippen molar-refractivity contribution in [1.82, 2.24) is 0 Å². The fourth-order valence-corrected chi connectivity index (χ4v) is 2.81. The molecule has 2 aliphatic carbocycles. The molecule has 0 heteroatoms. The highest BCUT2D eigenvalue weighted by Gasteiger charge is 2.15. The smallest absolute Gasteiger partial charge is 0.0417 e. The van der Waals surface area contributed by atoms with Crippen LogP contribution in [0, 0.1) is 17.8 Å². The van der Waals surface area contributed by atoms with Crippen molar-refractivity contribution < 1.29 is 0 Å². The van der Waals surface area contributed by atoms with E-state index in [1.54, 1.807) is 0 Å². The van der Waals surface area contributed by atoms with Gasteiger partial charge >= 0.3 is 0 Å². The lowest BCUT2D eigenvalue weighted by Gasteiger charge is -2.24. The second-order valence-corrected chi connectivity index (χ2v) is 5.98. The second kappa shape index (κ2) is 11.1. The van der Waals surface area contributed by atoms with Crippen molar-refractivity contribution in [2.24, 2.45) is 17.8 Å². The topological polar surface area (TPSA) is 0 Å². The van der Waals surface area contributed by atoms with E-state index in [0.717, 1.165) is 17.8 Å². The molecule has 2 atom stereocenters. The summed E-state index contributed by atoms with van der Waals surface area (Å²) in [7, 11) is 0. The maximum atomic E-state index is 2.38. The van der Waals surface area contributed by atoms with Crippen LogP contribution in [0.3, 0.4) is 0 Å². The van der Waals surface area contributed by atoms with Crippen molar-refractivity contribution in [2.75, 3.05) is 0 Å². The molecule has 104 valence electrons. The summed E-state index contributed by atoms with van der Waals surface area (Å²) in [6, 6.07) is 0. The van der Waals surface area contributed by atoms with Gasteiger partial charge in [0.05, 0.1) is 0 Å². The number of rotatable bonds is 0. The summed E-state index contributed by atoms with van der Waals surface area (Å²) >= 11 is 0. The monoisotopic (exact) mass is 240 g/mol. The van der Waals surface area contributed by atoms with Crippen LogP contribution in [0.2, 0.25) is 0 Å². The van der Waals surface area contributed by atoms with E-state index in [1.807, 2.05) is 13.8 Å². The molecule has 0 aliphatic heterocycles. The zero-order chi connectivity index (χ0) is 13.1. The van der Waals surface area contributed by atoms with Crippen molar-refractivity contribution in [3.05, 3.63) is 0 Å². The summed E-state index contributed by atoms with van der Waals surface area (Å²) in [6.45, 7) is 11.1. The highest BCUT2D eigenvalue weighted by atomic mass is 14.2. The predicted octanol–water partition coefficient (Wildman–Crippen LogP) is 6.45. The van der Waals surface area contributed by atoms with E-state index in [1.165, 1.54) is 57.8 Å². The summed E-state index contributed by atoms with van der Waals surface area (Å²) in [5.41, 5.74) is 0. The fraction of sp³-hybridized carbons (Fsp3) is 1.00. The molecule has 0 heterocycles. The van der Waals surface area contributed by atoms with Gasteiger partial charge in [-0.2, -0.15) is 0 Å². The first-order valence-corrected chi connectivity index (χ1v) is 8.20. The Balaban J connectivity index is 0.000000265. The molecule has 0 N–H and O–H groups in total. The minimum Gasteiger partial charge on any atom is -0.0683 e. The molecule has 0 saturated heterocycles. The molecular weight excluding hydrogens is 204 g/mol. The van der Waals surface area contributed by atoms with Gasteiger partial charge in [0.15, 0.2) is 0 Å². The van der Waals surface area contributed by atoms with Gasteiger partial charge in [-0.1, -0.05) is 92.4 Å². The van der Waals surface area contributed by atoms with E-state index in [-0.39, 0.29) is 0 Å². The molecule has 0 aromatic carbocycles. The molecule has 0 spiro atoms. The van der Waals surface area contributed by atoms with Crippen LogP contribution in [-0.4, -0.2) is 0 Å². The summed E-state index contributed by atoms with van der Waals surface area (Å²) in [4.78, 5) is 0. The van der Waals surface area contributed by atoms with Crippen molar-refractivity contribution >= 4 is 0 Å². The Hall–Kier alpha value is 0. The van der Waals surface area contributed by atoms with Crippen LogP contribution < -0.4 is 0 Å². The molecule has 2 rings (SSSR count). The Kier molecular flexibility index (Phi) is 11.1. The summed E-state index contributed by atoms with van der Waals surface area (Å²) in [5.74, 6) is 3.04. The van der Waals surface area contributed by atoms with E-state index in [0.29, 0.717) is 0 Å². The van der Waals surface area contributed by atoms with Crippen LogP contribution in [0.4, 0.5) is 0 Å². The molecular formula is C17H36. The molecule has 2 fully saturated rings. The highest BCUT2D eigenvalue weighted by Crippen LogP contribution is 2.28. The van der Waals surface area contributed by atoms with E-state index in [2.05, 4.69) is 20.8 Å². The van der Waals surface area contributed by atoms with Gasteiger partial charge in [-0.15, -0.1) is 0 Å². The predicted molar refractivity (Wildman–Crippen MR) is 80.4 cm³/mol. The van der Waals surface area contributed by atoms with Crippen molar-refractivity contribution in [1.29, 1.82) is 0 Å². The highest BCUT2D eigenvalue weighted by molar-refractivity contribution is 4.67. The molecule has 0 amide bonds. The van der Waals surface area contributed by atoms with Crippen LogP contribution in [0.1, 0.15) is 92.4 Å². The Morgan fingerprint density at radius 3 is 1.12 bits per heavy atom. The Morgan fingerprint density at radius 1 is 0.529 bits per heavy atom. The minimum absolute atomic E-state index is 1.00. The molecule has 2 unspecified atom stereocenters. The quantitative estimate of drug-likeness (QED) is 0.456. The van der Waals surface area contributed by atoms with Gasteiger partial charge < -0.3 is 0 Å². The van der Waals surface area contributed by atoms with Gasteiger partial charge in [0.2, 0.25) is 0 Å². The van der Waals surface area contributed by atoms with E-state index < -0.39 is 0 Å². The van der Waals surface area contributed by atoms with Gasteiger partial charge in [0, 0.05) is 0 Å². The van der Waals surface area contributed by atoms with Crippen LogP contribution in [-0.2, 0) is 0 Å². The standard InChI is InChI=1S/C8H16.C7H14.C2H6/c1-7-5-3-4-6-8(7)2;1-7-5-3-2-4-6-7;1-2/h7-8H,3-6H2,1-2H3;7H,2-6H2,1H3;1-2H3. The Morgan fingerprint density at radius 2 is 0.882 bits per heavy atom. The maximum Gasteiger partial charge on any atom is -0.0417 e. The van der Waals surface area contributed by atoms with Crippen molar-refractivity contribution in [3.8, 4) is 0 Å². The molecule has 2 saturated carbocycles. The van der Waals surface area contributed by atoms with E-state index in [9.17, 15) is 0 Å². The van der Waals surface area contributed by atoms with Gasteiger partial charge in [-0.25, -0.2) is 0 Å². The molecule has 2 aliphatic rings. The average molecular weight is 240 g/mol. The zero-order valence-electron chi connectivity index (χ0n) is 13.1. The molecule has 0 aromatic heterocycles. The van der Waals surface area contributed by atoms with Crippen molar-refractivity contribution in [3.63, 3.8) is 0 Å². The molecule has 0 bridgehead atoms. The van der Waals surface area contributed by atoms with Gasteiger partial charge in [0.1, 0.15) is 0 Å². The number of hydrogen-bond acceptors (Lipinski definition) is 0. The Labute approximate surface area is 111 Å². The largest absolute Gasteiger partial charge is 0.0683 e. The van der Waals surface area contributed by atoms with Crippen molar-refractivity contribution in [2.45, 2.75) is 92.4 Å². The second-order valence-electron chi connectivity index (χ2n) is 5.98. The third-order valence-corrected chi connectivity index (χ3v) is 4.43. The minimum atomic E-state index is 1.00. The molecule has 0 radical (unpaired) electrons. The van der Waals surface area contributed by atoms with E-state index >= 15 is 0 Å². The first-order valence-electron chi connectivity index (χ1n) is 8.20. The first-order chi connectivity index (χ1) is 8.20. The average Bonchev–Trinajstić information content (AvgIpc) is 2.37. The maximum absolute atomic E-state index is 2.38. The molecule has 0 nitrogen and oxygen atoms in total. The van der Waals surface area contributed by atoms with E-state index in [4.69, 9.17) is 0 Å². The van der Waals surface area contributed by atoms with Crippen LogP contribution in [0.25, 0.3) is 0 Å². The number of hydrogen-bond donors (Lipinski definition) is 0. The van der Waals surface area contributed by atoms with Crippen LogP contribution in [0.15, 0.2) is 0 Å². The lowest BCUT2D eigenvalue weighted by molar-refractivity contribution is 0.277. The third-order valence-electron chi connectivity index (χ3n) is 4.43. The van der Waals surface area contributed by atoms with Gasteiger partial charge in [-0.3, -0.25) is 0 Å². The lowest BCUT2D eigenvalue weighted by atomic mass is 9.82. The van der Waals surface area contributed by atoms with Gasteiger partial charge in [0.25, 0.3) is 0 Å². The Bertz CT molecular complexity index is 134. The zero-order valence-corrected chi connectivity index (χ0v) is 13.1. The summed E-state index contributed by atoms with van der Waals surface area (Å²) in [5, 5.41) is 0. The lowest BCUT2D eigenvalue weighted by Crippen LogP contribution is -2.12. The summed E-state index contributed by atoms with van der Waals surface area (Å²) < 4.78 is 0.